The number of nitrogens with one attached hydrogen (secondary N) is 2. The first kappa shape index (κ1) is 18.4. The number of hydrogen-bond acceptors (Lipinski definition) is 4. The molecule has 22 heavy (non-hydrogen) atoms. The standard InChI is InChI=1S/C16H28N4O2/c1-15(2,3)14(22)18-11-16(4,5)19-10-13(21)20-8-6-7-12(20)9-17/h12,19H,6-8,10-11H2,1-5H3,(H,18,22). The van der Waals surface area contributed by atoms with Gasteiger partial charge in [-0.3, -0.25) is 9.59 Å². The summed E-state index contributed by atoms with van der Waals surface area (Å²) in [4.78, 5) is 25.7. The van der Waals surface area contributed by atoms with Gasteiger partial charge in [-0.2, -0.15) is 5.26 Å². The summed E-state index contributed by atoms with van der Waals surface area (Å²) in [6.07, 6.45) is 1.64. The van der Waals surface area contributed by atoms with Crippen molar-refractivity contribution < 1.29 is 9.59 Å². The summed E-state index contributed by atoms with van der Waals surface area (Å²) >= 11 is 0. The van der Waals surface area contributed by atoms with Crippen LogP contribution in [0.5, 0.6) is 0 Å². The van der Waals surface area contributed by atoms with Gasteiger partial charge in [-0.1, -0.05) is 20.8 Å². The molecular weight excluding hydrogens is 280 g/mol. The largest absolute Gasteiger partial charge is 0.354 e. The Hall–Kier alpha value is -1.61. The number of carbonyl (C=O) groups is 2. The van der Waals surface area contributed by atoms with E-state index in [1.165, 1.54) is 0 Å². The van der Waals surface area contributed by atoms with Crippen LogP contribution in [0.2, 0.25) is 0 Å². The number of rotatable bonds is 5. The van der Waals surface area contributed by atoms with Gasteiger partial charge in [-0.05, 0) is 26.7 Å². The Morgan fingerprint density at radius 1 is 1.27 bits per heavy atom. The first-order chi connectivity index (χ1) is 10.1. The summed E-state index contributed by atoms with van der Waals surface area (Å²) in [5.74, 6) is -0.0722. The molecule has 1 unspecified atom stereocenters. The second-order valence-electron chi connectivity index (χ2n) is 7.54. The smallest absolute Gasteiger partial charge is 0.237 e. The summed E-state index contributed by atoms with van der Waals surface area (Å²) in [6, 6.07) is 1.88. The zero-order chi connectivity index (χ0) is 17.0. The number of likely N-dealkylation sites (tertiary alicyclic amines) is 1. The molecule has 1 saturated heterocycles. The minimum Gasteiger partial charge on any atom is -0.354 e. The van der Waals surface area contributed by atoms with E-state index >= 15 is 0 Å². The van der Waals surface area contributed by atoms with Gasteiger partial charge in [-0.15, -0.1) is 0 Å². The molecule has 1 aliphatic heterocycles. The molecule has 6 nitrogen and oxygen atoms in total. The van der Waals surface area contributed by atoms with E-state index in [1.54, 1.807) is 4.90 Å². The number of hydrogen-bond donors (Lipinski definition) is 2. The van der Waals surface area contributed by atoms with Gasteiger partial charge in [0.1, 0.15) is 6.04 Å². The third-order valence-corrected chi connectivity index (χ3v) is 3.81. The summed E-state index contributed by atoms with van der Waals surface area (Å²) in [6.45, 7) is 10.7. The zero-order valence-corrected chi connectivity index (χ0v) is 14.3. The number of nitriles is 1. The highest BCUT2D eigenvalue weighted by molar-refractivity contribution is 5.81. The molecule has 0 saturated carbocycles. The van der Waals surface area contributed by atoms with E-state index in [9.17, 15) is 9.59 Å². The Morgan fingerprint density at radius 3 is 2.45 bits per heavy atom. The molecule has 124 valence electrons. The lowest BCUT2D eigenvalue weighted by Gasteiger charge is -2.29. The fraction of sp³-hybridized carbons (Fsp3) is 0.812. The quantitative estimate of drug-likeness (QED) is 0.794. The van der Waals surface area contributed by atoms with Gasteiger partial charge in [0.25, 0.3) is 0 Å². The summed E-state index contributed by atoms with van der Waals surface area (Å²) < 4.78 is 0. The molecule has 6 heteroatoms. The van der Waals surface area contributed by atoms with Crippen molar-refractivity contribution in [3.63, 3.8) is 0 Å². The molecule has 0 radical (unpaired) electrons. The zero-order valence-electron chi connectivity index (χ0n) is 14.3. The van der Waals surface area contributed by atoms with E-state index in [0.717, 1.165) is 12.8 Å². The highest BCUT2D eigenvalue weighted by Crippen LogP contribution is 2.16. The van der Waals surface area contributed by atoms with Crippen molar-refractivity contribution in [3.05, 3.63) is 0 Å². The third kappa shape index (κ3) is 5.30. The van der Waals surface area contributed by atoms with Crippen LogP contribution in [0.3, 0.4) is 0 Å². The van der Waals surface area contributed by atoms with Crippen LogP contribution in [0.15, 0.2) is 0 Å². The van der Waals surface area contributed by atoms with Crippen molar-refractivity contribution in [2.75, 3.05) is 19.6 Å². The average molecular weight is 308 g/mol. The predicted octanol–water partition coefficient (Wildman–Crippen LogP) is 1.03. The number of carbonyl (C=O) groups excluding carboxylic acids is 2. The second kappa shape index (κ2) is 7.10. The van der Waals surface area contributed by atoms with Crippen molar-refractivity contribution in [3.8, 4) is 6.07 Å². The van der Waals surface area contributed by atoms with Crippen LogP contribution in [0.25, 0.3) is 0 Å². The predicted molar refractivity (Wildman–Crippen MR) is 84.9 cm³/mol. The molecule has 1 fully saturated rings. The highest BCUT2D eigenvalue weighted by Gasteiger charge is 2.30. The molecular formula is C16H28N4O2. The Bertz CT molecular complexity index is 460. The van der Waals surface area contributed by atoms with Crippen LogP contribution >= 0.6 is 0 Å². The topological polar surface area (TPSA) is 85.2 Å². The van der Waals surface area contributed by atoms with E-state index in [-0.39, 0.29) is 24.4 Å². The maximum atomic E-state index is 12.2. The van der Waals surface area contributed by atoms with Crippen LogP contribution in [0.4, 0.5) is 0 Å². The van der Waals surface area contributed by atoms with Gasteiger partial charge in [0.05, 0.1) is 12.6 Å². The van der Waals surface area contributed by atoms with Crippen LogP contribution in [-0.2, 0) is 9.59 Å². The van der Waals surface area contributed by atoms with Crippen LogP contribution < -0.4 is 10.6 Å². The van der Waals surface area contributed by atoms with Crippen LogP contribution in [-0.4, -0.2) is 47.9 Å². The molecule has 0 aromatic rings. The van der Waals surface area contributed by atoms with Gasteiger partial charge in [-0.25, -0.2) is 0 Å². The molecule has 2 N–H and O–H groups in total. The second-order valence-corrected chi connectivity index (χ2v) is 7.54. The summed E-state index contributed by atoms with van der Waals surface area (Å²) in [5, 5.41) is 15.1. The average Bonchev–Trinajstić information content (AvgIpc) is 2.89. The molecule has 0 spiro atoms. The SMILES string of the molecule is CC(C)(CNC(=O)C(C)(C)C)NCC(=O)N1CCCC1C#N. The van der Waals surface area contributed by atoms with Gasteiger partial charge in [0.15, 0.2) is 0 Å². The van der Waals surface area contributed by atoms with E-state index in [2.05, 4.69) is 16.7 Å². The molecule has 0 aliphatic carbocycles. The Kier molecular flexibility index (Phi) is 5.95. The van der Waals surface area contributed by atoms with E-state index in [1.807, 2.05) is 34.6 Å². The Labute approximate surface area is 133 Å². The summed E-state index contributed by atoms with van der Waals surface area (Å²) in [7, 11) is 0. The summed E-state index contributed by atoms with van der Waals surface area (Å²) in [5.41, 5.74) is -0.820. The van der Waals surface area contributed by atoms with Crippen LogP contribution in [0, 0.1) is 16.7 Å². The van der Waals surface area contributed by atoms with Gasteiger partial charge >= 0.3 is 0 Å². The lowest BCUT2D eigenvalue weighted by atomic mass is 9.95. The number of nitrogens with zero attached hydrogens (tertiary/aromatic N) is 2. The van der Waals surface area contributed by atoms with Crippen molar-refractivity contribution in [2.24, 2.45) is 5.41 Å². The van der Waals surface area contributed by atoms with Gasteiger partial charge in [0, 0.05) is 24.0 Å². The Morgan fingerprint density at radius 2 is 1.91 bits per heavy atom. The lowest BCUT2D eigenvalue weighted by Crippen LogP contribution is -2.53. The minimum atomic E-state index is -0.429. The van der Waals surface area contributed by atoms with Gasteiger partial charge < -0.3 is 15.5 Å². The fourth-order valence-electron chi connectivity index (χ4n) is 2.24. The first-order valence-electron chi connectivity index (χ1n) is 7.79. The van der Waals surface area contributed by atoms with E-state index < -0.39 is 11.0 Å². The van der Waals surface area contributed by atoms with Crippen molar-refractivity contribution in [1.29, 1.82) is 5.26 Å². The monoisotopic (exact) mass is 308 g/mol. The molecule has 1 rings (SSSR count). The van der Waals surface area contributed by atoms with Crippen molar-refractivity contribution in [2.45, 2.75) is 59.0 Å². The third-order valence-electron chi connectivity index (χ3n) is 3.81. The first-order valence-corrected chi connectivity index (χ1v) is 7.79. The molecule has 0 aromatic heterocycles. The number of amides is 2. The molecule has 1 heterocycles. The molecule has 1 atom stereocenters. The van der Waals surface area contributed by atoms with Crippen molar-refractivity contribution >= 4 is 11.8 Å². The minimum absolute atomic E-state index is 0.0159. The molecule has 2 amide bonds. The normalized spacial score (nSPS) is 18.9. The maximum Gasteiger partial charge on any atom is 0.237 e. The lowest BCUT2D eigenvalue weighted by molar-refractivity contribution is -0.130. The molecule has 1 aliphatic rings. The Balaban J connectivity index is 2.43. The fourth-order valence-corrected chi connectivity index (χ4v) is 2.24. The molecule has 0 aromatic carbocycles. The maximum absolute atomic E-state index is 12.2. The molecule has 0 bridgehead atoms. The highest BCUT2D eigenvalue weighted by atomic mass is 16.2. The van der Waals surface area contributed by atoms with E-state index in [0.29, 0.717) is 13.1 Å². The van der Waals surface area contributed by atoms with E-state index in [4.69, 9.17) is 5.26 Å². The van der Waals surface area contributed by atoms with Gasteiger partial charge in [0.2, 0.25) is 11.8 Å². The van der Waals surface area contributed by atoms with Crippen molar-refractivity contribution in [1.82, 2.24) is 15.5 Å². The van der Waals surface area contributed by atoms with Crippen LogP contribution in [0.1, 0.15) is 47.5 Å².